The molecule has 1 heterocycles. The quantitative estimate of drug-likeness (QED) is 0.266. The summed E-state index contributed by atoms with van der Waals surface area (Å²) in [5.41, 5.74) is 0. The number of furan rings is 1. The first-order valence-corrected chi connectivity index (χ1v) is 7.07. The van der Waals surface area contributed by atoms with Gasteiger partial charge in [0.15, 0.2) is 5.96 Å². The van der Waals surface area contributed by atoms with Gasteiger partial charge < -0.3 is 20.4 Å². The topological polar surface area (TPSA) is 78.7 Å². The molecule has 0 spiro atoms. The number of carbonyl (C=O) groups is 1. The highest BCUT2D eigenvalue weighted by molar-refractivity contribution is 14.0. The molecule has 0 aliphatic heterocycles. The molecule has 0 aliphatic carbocycles. The van der Waals surface area contributed by atoms with Crippen molar-refractivity contribution in [1.82, 2.24) is 16.0 Å². The highest BCUT2D eigenvalue weighted by Gasteiger charge is 2.03. The van der Waals surface area contributed by atoms with Crippen molar-refractivity contribution < 1.29 is 9.21 Å². The van der Waals surface area contributed by atoms with Crippen LogP contribution >= 0.6 is 24.0 Å². The van der Waals surface area contributed by atoms with Crippen LogP contribution in [-0.4, -0.2) is 31.5 Å². The molecule has 1 aromatic rings. The molecule has 0 unspecified atom stereocenters. The van der Waals surface area contributed by atoms with Crippen LogP contribution < -0.4 is 16.0 Å². The van der Waals surface area contributed by atoms with Crippen LogP contribution in [0.2, 0.25) is 0 Å². The molecule has 120 valence electrons. The van der Waals surface area contributed by atoms with Gasteiger partial charge in [0.25, 0.3) is 0 Å². The lowest BCUT2D eigenvalue weighted by Gasteiger charge is -2.10. The van der Waals surface area contributed by atoms with E-state index in [4.69, 9.17) is 4.42 Å². The fourth-order valence-corrected chi connectivity index (χ4v) is 1.53. The predicted octanol–water partition coefficient (Wildman–Crippen LogP) is 1.87. The second kappa shape index (κ2) is 12.5. The van der Waals surface area contributed by atoms with Gasteiger partial charge in [0.1, 0.15) is 12.3 Å². The summed E-state index contributed by atoms with van der Waals surface area (Å²) in [7, 11) is 0. The maximum absolute atomic E-state index is 11.7. The lowest BCUT2D eigenvalue weighted by atomic mass is 10.3. The summed E-state index contributed by atoms with van der Waals surface area (Å²) in [6.07, 6.45) is 3.78. The SMILES string of the molecule is CCCCNC(=NCC(=O)NCc1ccco1)NCC.I. The van der Waals surface area contributed by atoms with E-state index >= 15 is 0 Å². The van der Waals surface area contributed by atoms with Gasteiger partial charge in [-0.05, 0) is 25.5 Å². The molecule has 0 fully saturated rings. The van der Waals surface area contributed by atoms with Crippen LogP contribution in [-0.2, 0) is 11.3 Å². The first kappa shape index (κ1) is 19.8. The number of aliphatic imine (C=N–C) groups is 1. The Hall–Kier alpha value is -1.25. The van der Waals surface area contributed by atoms with Crippen molar-refractivity contribution in [1.29, 1.82) is 0 Å². The first-order chi connectivity index (χ1) is 9.76. The van der Waals surface area contributed by atoms with Gasteiger partial charge in [-0.2, -0.15) is 0 Å². The molecule has 0 atom stereocenters. The largest absolute Gasteiger partial charge is 0.467 e. The second-order valence-electron chi connectivity index (χ2n) is 4.33. The smallest absolute Gasteiger partial charge is 0.242 e. The van der Waals surface area contributed by atoms with Crippen LogP contribution in [0.1, 0.15) is 32.4 Å². The highest BCUT2D eigenvalue weighted by Crippen LogP contribution is 1.98. The van der Waals surface area contributed by atoms with Crippen LogP contribution in [0.3, 0.4) is 0 Å². The Morgan fingerprint density at radius 1 is 1.29 bits per heavy atom. The highest BCUT2D eigenvalue weighted by atomic mass is 127. The van der Waals surface area contributed by atoms with E-state index in [2.05, 4.69) is 27.9 Å². The van der Waals surface area contributed by atoms with Crippen molar-refractivity contribution in [3.8, 4) is 0 Å². The van der Waals surface area contributed by atoms with Crippen molar-refractivity contribution in [3.63, 3.8) is 0 Å². The Labute approximate surface area is 143 Å². The standard InChI is InChI=1S/C14H24N4O2.HI/c1-3-5-8-16-14(15-4-2)18-11-13(19)17-10-12-7-6-9-20-12;/h6-7,9H,3-5,8,10-11H2,1-2H3,(H,17,19)(H2,15,16,18);1H. The van der Waals surface area contributed by atoms with Gasteiger partial charge in [0, 0.05) is 13.1 Å². The number of unbranched alkanes of at least 4 members (excludes halogenated alkanes) is 1. The molecule has 1 amide bonds. The molecule has 6 nitrogen and oxygen atoms in total. The summed E-state index contributed by atoms with van der Waals surface area (Å²) >= 11 is 0. The van der Waals surface area contributed by atoms with Crippen molar-refractivity contribution in [3.05, 3.63) is 24.2 Å². The number of amides is 1. The van der Waals surface area contributed by atoms with E-state index in [1.54, 1.807) is 12.3 Å². The number of carbonyl (C=O) groups excluding carboxylic acids is 1. The molecule has 7 heteroatoms. The molecule has 0 radical (unpaired) electrons. The molecule has 21 heavy (non-hydrogen) atoms. The Morgan fingerprint density at radius 2 is 2.10 bits per heavy atom. The number of nitrogens with zero attached hydrogens (tertiary/aromatic N) is 1. The molecule has 0 saturated heterocycles. The fraction of sp³-hybridized carbons (Fsp3) is 0.571. The predicted molar refractivity (Wildman–Crippen MR) is 94.9 cm³/mol. The number of nitrogens with one attached hydrogen (secondary N) is 3. The van der Waals surface area contributed by atoms with Gasteiger partial charge in [-0.3, -0.25) is 4.79 Å². The summed E-state index contributed by atoms with van der Waals surface area (Å²) < 4.78 is 5.14. The van der Waals surface area contributed by atoms with Gasteiger partial charge in [-0.25, -0.2) is 4.99 Å². The normalized spacial score (nSPS) is 10.7. The minimum absolute atomic E-state index is 0. The first-order valence-electron chi connectivity index (χ1n) is 7.07. The summed E-state index contributed by atoms with van der Waals surface area (Å²) in [5.74, 6) is 1.28. The zero-order valence-electron chi connectivity index (χ0n) is 12.6. The van der Waals surface area contributed by atoms with E-state index in [1.165, 1.54) is 0 Å². The summed E-state index contributed by atoms with van der Waals surface area (Å²) in [5, 5.41) is 9.05. The van der Waals surface area contributed by atoms with Gasteiger partial charge in [-0.15, -0.1) is 24.0 Å². The van der Waals surface area contributed by atoms with Crippen LogP contribution in [0.5, 0.6) is 0 Å². The van der Waals surface area contributed by atoms with Crippen molar-refractivity contribution >= 4 is 35.8 Å². The van der Waals surface area contributed by atoms with Crippen LogP contribution in [0.4, 0.5) is 0 Å². The summed E-state index contributed by atoms with van der Waals surface area (Å²) in [6, 6.07) is 3.61. The summed E-state index contributed by atoms with van der Waals surface area (Å²) in [4.78, 5) is 15.9. The Kier molecular flexibility index (Phi) is 11.7. The van der Waals surface area contributed by atoms with Crippen molar-refractivity contribution in [2.75, 3.05) is 19.6 Å². The van der Waals surface area contributed by atoms with Gasteiger partial charge in [-0.1, -0.05) is 13.3 Å². The molecule has 0 bridgehead atoms. The second-order valence-corrected chi connectivity index (χ2v) is 4.33. The number of guanidine groups is 1. The van der Waals surface area contributed by atoms with Crippen LogP contribution in [0.15, 0.2) is 27.8 Å². The van der Waals surface area contributed by atoms with Crippen LogP contribution in [0, 0.1) is 0 Å². The Bertz CT molecular complexity index is 407. The average Bonchev–Trinajstić information content (AvgIpc) is 2.96. The van der Waals surface area contributed by atoms with E-state index in [0.29, 0.717) is 12.5 Å². The number of hydrogen-bond donors (Lipinski definition) is 3. The minimum Gasteiger partial charge on any atom is -0.467 e. The molecular formula is C14H25IN4O2. The number of hydrogen-bond acceptors (Lipinski definition) is 3. The molecule has 0 saturated carbocycles. The third-order valence-corrected chi connectivity index (χ3v) is 2.59. The maximum atomic E-state index is 11.7. The molecule has 1 rings (SSSR count). The van der Waals surface area contributed by atoms with Crippen LogP contribution in [0.25, 0.3) is 0 Å². The monoisotopic (exact) mass is 408 g/mol. The lowest BCUT2D eigenvalue weighted by Crippen LogP contribution is -2.38. The number of halogens is 1. The Balaban J connectivity index is 0.00000400. The zero-order valence-corrected chi connectivity index (χ0v) is 15.0. The summed E-state index contributed by atoms with van der Waals surface area (Å²) in [6.45, 7) is 6.24. The molecule has 1 aromatic heterocycles. The molecule has 3 N–H and O–H groups in total. The van der Waals surface area contributed by atoms with Gasteiger partial charge in [0.05, 0.1) is 12.8 Å². The zero-order chi connectivity index (χ0) is 14.6. The van der Waals surface area contributed by atoms with Crippen molar-refractivity contribution in [2.45, 2.75) is 33.2 Å². The average molecular weight is 408 g/mol. The molecule has 0 aromatic carbocycles. The van der Waals surface area contributed by atoms with Crippen molar-refractivity contribution in [2.24, 2.45) is 4.99 Å². The Morgan fingerprint density at radius 3 is 2.71 bits per heavy atom. The van der Waals surface area contributed by atoms with E-state index in [9.17, 15) is 4.79 Å². The maximum Gasteiger partial charge on any atom is 0.242 e. The van der Waals surface area contributed by atoms with Gasteiger partial charge >= 0.3 is 0 Å². The third-order valence-electron chi connectivity index (χ3n) is 2.59. The van der Waals surface area contributed by atoms with E-state index in [-0.39, 0.29) is 36.4 Å². The third kappa shape index (κ3) is 9.33. The minimum atomic E-state index is -0.130. The fourth-order valence-electron chi connectivity index (χ4n) is 1.53. The number of rotatable bonds is 8. The van der Waals surface area contributed by atoms with E-state index < -0.39 is 0 Å². The molecule has 0 aliphatic rings. The molecular weight excluding hydrogens is 383 g/mol. The van der Waals surface area contributed by atoms with E-state index in [1.807, 2.05) is 13.0 Å². The lowest BCUT2D eigenvalue weighted by molar-refractivity contribution is -0.119. The van der Waals surface area contributed by atoms with E-state index in [0.717, 1.165) is 31.7 Å². The van der Waals surface area contributed by atoms with Gasteiger partial charge in [0.2, 0.25) is 5.91 Å².